The van der Waals surface area contributed by atoms with Crippen molar-refractivity contribution in [3.8, 4) is 0 Å². The Morgan fingerprint density at radius 1 is 1.10 bits per heavy atom. The number of carbonyl (C=O) groups is 1. The summed E-state index contributed by atoms with van der Waals surface area (Å²) >= 11 is 6.45. The summed E-state index contributed by atoms with van der Waals surface area (Å²) in [6.07, 6.45) is 5.12. The third-order valence-electron chi connectivity index (χ3n) is 5.39. The van der Waals surface area contributed by atoms with E-state index < -0.39 is 4.92 Å². The lowest BCUT2D eigenvalue weighted by Crippen LogP contribution is -2.30. The molecule has 2 aliphatic heterocycles. The van der Waals surface area contributed by atoms with Crippen LogP contribution < -0.4 is 4.90 Å². The van der Waals surface area contributed by atoms with Crippen LogP contribution in [0.3, 0.4) is 0 Å². The molecule has 7 nitrogen and oxygen atoms in total. The van der Waals surface area contributed by atoms with Gasteiger partial charge in [-0.2, -0.15) is 0 Å². The lowest BCUT2D eigenvalue weighted by molar-refractivity contribution is -0.384. The van der Waals surface area contributed by atoms with Gasteiger partial charge < -0.3 is 9.80 Å². The molecule has 8 heteroatoms. The van der Waals surface area contributed by atoms with E-state index in [0.29, 0.717) is 27.5 Å². The molecule has 1 amide bonds. The molecular formula is C22H21ClN4O3. The molecule has 0 unspecified atom stereocenters. The highest BCUT2D eigenvalue weighted by molar-refractivity contribution is 6.36. The van der Waals surface area contributed by atoms with Gasteiger partial charge in [-0.25, -0.2) is 4.99 Å². The highest BCUT2D eigenvalue weighted by Crippen LogP contribution is 2.33. The number of piperidine rings is 1. The Morgan fingerprint density at radius 3 is 2.53 bits per heavy atom. The van der Waals surface area contributed by atoms with Crippen LogP contribution in [0.4, 0.5) is 11.4 Å². The summed E-state index contributed by atoms with van der Waals surface area (Å²) in [4.78, 5) is 32.5. The summed E-state index contributed by atoms with van der Waals surface area (Å²) < 4.78 is 0. The topological polar surface area (TPSA) is 79.0 Å². The van der Waals surface area contributed by atoms with Crippen molar-refractivity contribution < 1.29 is 9.72 Å². The van der Waals surface area contributed by atoms with Gasteiger partial charge in [0.2, 0.25) is 0 Å². The molecule has 1 saturated heterocycles. The Labute approximate surface area is 179 Å². The van der Waals surface area contributed by atoms with Gasteiger partial charge in [0.25, 0.3) is 11.6 Å². The van der Waals surface area contributed by atoms with Gasteiger partial charge in [-0.3, -0.25) is 14.9 Å². The first-order valence-electron chi connectivity index (χ1n) is 9.82. The zero-order valence-electron chi connectivity index (χ0n) is 16.5. The van der Waals surface area contributed by atoms with Crippen LogP contribution in [0.25, 0.3) is 0 Å². The molecule has 1 fully saturated rings. The van der Waals surface area contributed by atoms with E-state index in [-0.39, 0.29) is 17.3 Å². The van der Waals surface area contributed by atoms with Crippen LogP contribution in [0, 0.1) is 10.1 Å². The number of fused-ring (bicyclic) bond motifs is 1. The number of carbonyl (C=O) groups excluding carboxylic acids is 1. The van der Waals surface area contributed by atoms with Crippen LogP contribution in [0.2, 0.25) is 5.02 Å². The van der Waals surface area contributed by atoms with Crippen molar-refractivity contribution in [2.45, 2.75) is 19.3 Å². The van der Waals surface area contributed by atoms with E-state index in [1.54, 1.807) is 37.5 Å². The minimum absolute atomic E-state index is 0.0715. The maximum Gasteiger partial charge on any atom is 0.278 e. The molecule has 0 N–H and O–H groups in total. The molecule has 2 aromatic rings. The number of rotatable bonds is 3. The monoisotopic (exact) mass is 424 g/mol. The quantitative estimate of drug-likeness (QED) is 0.416. The maximum absolute atomic E-state index is 13.2. The highest BCUT2D eigenvalue weighted by atomic mass is 35.5. The van der Waals surface area contributed by atoms with E-state index in [1.165, 1.54) is 23.5 Å². The second kappa shape index (κ2) is 8.28. The Balaban J connectivity index is 1.94. The number of likely N-dealkylation sites (N-methyl/N-ethyl adjacent to an activating group) is 1. The van der Waals surface area contributed by atoms with Gasteiger partial charge in [-0.15, -0.1) is 0 Å². The molecule has 30 heavy (non-hydrogen) atoms. The van der Waals surface area contributed by atoms with Gasteiger partial charge in [0, 0.05) is 54.6 Å². The van der Waals surface area contributed by atoms with Crippen molar-refractivity contribution in [3.63, 3.8) is 0 Å². The predicted molar refractivity (Wildman–Crippen MR) is 117 cm³/mol. The van der Waals surface area contributed by atoms with Crippen LogP contribution in [-0.2, 0) is 4.79 Å². The number of hydrogen-bond acceptors (Lipinski definition) is 5. The van der Waals surface area contributed by atoms with Gasteiger partial charge in [0.1, 0.15) is 5.70 Å². The van der Waals surface area contributed by atoms with Crippen LogP contribution in [0.15, 0.2) is 59.4 Å². The zero-order valence-corrected chi connectivity index (χ0v) is 17.3. The van der Waals surface area contributed by atoms with Gasteiger partial charge in [-0.05, 0) is 31.4 Å². The van der Waals surface area contributed by atoms with Gasteiger partial charge >= 0.3 is 0 Å². The zero-order chi connectivity index (χ0) is 21.3. The van der Waals surface area contributed by atoms with E-state index in [2.05, 4.69) is 4.90 Å². The number of benzene rings is 2. The van der Waals surface area contributed by atoms with E-state index in [9.17, 15) is 14.9 Å². The van der Waals surface area contributed by atoms with E-state index in [4.69, 9.17) is 16.6 Å². The number of benzodiazepines with no additional fused rings is 1. The number of hydrogen-bond donors (Lipinski definition) is 0. The Bertz CT molecular complexity index is 1070. The average Bonchev–Trinajstić information content (AvgIpc) is 2.85. The minimum Gasteiger partial charge on any atom is -0.375 e. The fourth-order valence-electron chi connectivity index (χ4n) is 3.79. The number of amides is 1. The normalized spacial score (nSPS) is 18.1. The Kier molecular flexibility index (Phi) is 5.55. The molecule has 2 aromatic carbocycles. The number of nitro groups is 1. The Hall–Kier alpha value is -3.19. The minimum atomic E-state index is -0.457. The average molecular weight is 425 g/mol. The van der Waals surface area contributed by atoms with Crippen molar-refractivity contribution in [1.29, 1.82) is 0 Å². The molecule has 0 saturated carbocycles. The summed E-state index contributed by atoms with van der Waals surface area (Å²) in [5, 5.41) is 11.9. The van der Waals surface area contributed by atoms with E-state index in [0.717, 1.165) is 25.9 Å². The molecular weight excluding hydrogens is 404 g/mol. The molecule has 2 heterocycles. The smallest absolute Gasteiger partial charge is 0.278 e. The third-order valence-corrected chi connectivity index (χ3v) is 5.72. The Morgan fingerprint density at radius 2 is 1.83 bits per heavy atom. The third kappa shape index (κ3) is 3.80. The molecule has 0 radical (unpaired) electrons. The molecule has 0 aliphatic carbocycles. The molecule has 4 rings (SSSR count). The van der Waals surface area contributed by atoms with Gasteiger partial charge in [0.15, 0.2) is 0 Å². The number of likely N-dealkylation sites (tertiary alicyclic amines) is 1. The first-order chi connectivity index (χ1) is 14.5. The highest BCUT2D eigenvalue weighted by Gasteiger charge is 2.29. The number of aliphatic imine (C=N–C) groups is 1. The number of nitro benzene ring substituents is 1. The molecule has 0 spiro atoms. The number of nitrogens with zero attached hydrogens (tertiary/aromatic N) is 4. The van der Waals surface area contributed by atoms with Crippen molar-refractivity contribution in [3.05, 3.63) is 80.6 Å². The standard InChI is InChI=1S/C22H21ClN4O3/c1-25-20-10-9-15(27(29)30)13-17(20)21(16-7-3-4-8-18(16)23)24-19(22(25)28)14-26-11-5-2-6-12-26/h3-4,7-10,13-14H,2,5-6,11-12H2,1H3. The fourth-order valence-corrected chi connectivity index (χ4v) is 4.02. The summed E-state index contributed by atoms with van der Waals surface area (Å²) in [6.45, 7) is 1.74. The van der Waals surface area contributed by atoms with Crippen LogP contribution >= 0.6 is 11.6 Å². The lowest BCUT2D eigenvalue weighted by Gasteiger charge is -2.25. The molecule has 2 aliphatic rings. The van der Waals surface area contributed by atoms with Gasteiger partial charge in [0.05, 0.1) is 16.3 Å². The first kappa shape index (κ1) is 20.1. The predicted octanol–water partition coefficient (Wildman–Crippen LogP) is 4.39. The molecule has 154 valence electrons. The van der Waals surface area contributed by atoms with Crippen LogP contribution in [0.5, 0.6) is 0 Å². The van der Waals surface area contributed by atoms with Crippen LogP contribution in [0.1, 0.15) is 30.4 Å². The second-order valence-corrected chi connectivity index (χ2v) is 7.78. The summed E-state index contributed by atoms with van der Waals surface area (Å²) in [6, 6.07) is 11.6. The van der Waals surface area contributed by atoms with Crippen molar-refractivity contribution in [1.82, 2.24) is 4.90 Å². The maximum atomic E-state index is 13.2. The van der Waals surface area contributed by atoms with Gasteiger partial charge in [-0.1, -0.05) is 29.8 Å². The van der Waals surface area contributed by atoms with Crippen LogP contribution in [-0.4, -0.2) is 41.6 Å². The van der Waals surface area contributed by atoms with Crippen molar-refractivity contribution in [2.75, 3.05) is 25.0 Å². The van der Waals surface area contributed by atoms with E-state index >= 15 is 0 Å². The first-order valence-corrected chi connectivity index (χ1v) is 10.2. The summed E-state index contributed by atoms with van der Waals surface area (Å²) in [5.41, 5.74) is 2.32. The number of anilines is 1. The summed E-state index contributed by atoms with van der Waals surface area (Å²) in [5.74, 6) is -0.266. The fraction of sp³-hybridized carbons (Fsp3) is 0.273. The molecule has 0 bridgehead atoms. The van der Waals surface area contributed by atoms with E-state index in [1.807, 2.05) is 6.07 Å². The number of non-ortho nitro benzene ring substituents is 1. The SMILES string of the molecule is CN1C(=O)C(=CN2CCCCC2)N=C(c2ccccc2Cl)c2cc([N+](=O)[O-])ccc21. The lowest BCUT2D eigenvalue weighted by atomic mass is 9.99. The largest absolute Gasteiger partial charge is 0.375 e. The molecule has 0 aromatic heterocycles. The summed E-state index contributed by atoms with van der Waals surface area (Å²) in [7, 11) is 1.65. The van der Waals surface area contributed by atoms with Crippen molar-refractivity contribution in [2.24, 2.45) is 4.99 Å². The molecule has 0 atom stereocenters. The second-order valence-electron chi connectivity index (χ2n) is 7.37. The van der Waals surface area contributed by atoms with Crippen molar-refractivity contribution >= 4 is 34.6 Å². The number of halogens is 1.